The zero-order valence-corrected chi connectivity index (χ0v) is 30.4. The van der Waals surface area contributed by atoms with Gasteiger partial charge in [0.15, 0.2) is 0 Å². The molecule has 2 amide bonds. The number of allylic oxidation sites excluding steroid dienone is 1. The fourth-order valence-corrected chi connectivity index (χ4v) is 10.2. The van der Waals surface area contributed by atoms with Gasteiger partial charge in [-0.15, -0.1) is 0 Å². The maximum Gasteiger partial charge on any atom is 0.285 e. The van der Waals surface area contributed by atoms with Crippen LogP contribution in [0.15, 0.2) is 65.2 Å². The number of anilines is 1. The van der Waals surface area contributed by atoms with Gasteiger partial charge < -0.3 is 19.7 Å². The van der Waals surface area contributed by atoms with Crippen molar-refractivity contribution in [1.29, 1.82) is 0 Å². The van der Waals surface area contributed by atoms with E-state index < -0.39 is 21.5 Å². The SMILES string of the molecule is CO[C@H]1/C=C/CCC[S@@](=O)(CC(=O)NCc2ccnn2C)=NC(=O)c2ccc3c(c2)N(C[C@@H]2CC[C@H]21)C[C@@]1(CCCc2cc(Cl)ccc21)CO3. The highest BCUT2D eigenvalue weighted by Crippen LogP contribution is 2.47. The average Bonchev–Trinajstić information content (AvgIpc) is 3.43. The largest absolute Gasteiger partial charge is 0.490 e. The van der Waals surface area contributed by atoms with Crippen molar-refractivity contribution in [3.8, 4) is 5.75 Å². The van der Waals surface area contributed by atoms with Crippen LogP contribution in [0.25, 0.3) is 0 Å². The van der Waals surface area contributed by atoms with Crippen LogP contribution in [0.4, 0.5) is 5.69 Å². The number of hydrogen-bond donors (Lipinski definition) is 1. The number of ether oxygens (including phenoxy) is 2. The van der Waals surface area contributed by atoms with E-state index in [2.05, 4.69) is 44.0 Å². The summed E-state index contributed by atoms with van der Waals surface area (Å²) in [6, 6.07) is 13.4. The van der Waals surface area contributed by atoms with Gasteiger partial charge in [0.2, 0.25) is 5.91 Å². The average molecular weight is 720 g/mol. The lowest BCUT2D eigenvalue weighted by Gasteiger charge is -2.46. The van der Waals surface area contributed by atoms with Crippen LogP contribution in [0, 0.1) is 11.8 Å². The normalized spacial score (nSPS) is 28.7. The molecule has 266 valence electrons. The summed E-state index contributed by atoms with van der Waals surface area (Å²) in [5.74, 6) is 0.231. The summed E-state index contributed by atoms with van der Waals surface area (Å²) in [4.78, 5) is 29.4. The van der Waals surface area contributed by atoms with Crippen LogP contribution >= 0.6 is 11.6 Å². The Hall–Kier alpha value is -3.67. The van der Waals surface area contributed by atoms with E-state index in [1.165, 1.54) is 11.1 Å². The van der Waals surface area contributed by atoms with Gasteiger partial charge in [0.05, 0.1) is 40.4 Å². The van der Waals surface area contributed by atoms with E-state index in [0.717, 1.165) is 67.3 Å². The van der Waals surface area contributed by atoms with E-state index >= 15 is 0 Å². The molecule has 0 saturated heterocycles. The van der Waals surface area contributed by atoms with Gasteiger partial charge in [-0.05, 0) is 104 Å². The van der Waals surface area contributed by atoms with E-state index in [4.69, 9.17) is 21.1 Å². The van der Waals surface area contributed by atoms with E-state index in [0.29, 0.717) is 36.8 Å². The first-order chi connectivity index (χ1) is 24.1. The Labute approximate surface area is 299 Å². The number of aromatic nitrogens is 2. The Bertz CT molecular complexity index is 1920. The lowest BCUT2D eigenvalue weighted by Crippen LogP contribution is -2.49. The third-order valence-electron chi connectivity index (χ3n) is 11.1. The van der Waals surface area contributed by atoms with Crippen molar-refractivity contribution >= 4 is 38.8 Å². The van der Waals surface area contributed by atoms with Crippen molar-refractivity contribution in [2.75, 3.05) is 43.2 Å². The van der Waals surface area contributed by atoms with Crippen LogP contribution in [-0.4, -0.2) is 70.2 Å². The quantitative estimate of drug-likeness (QED) is 0.329. The Kier molecular flexibility index (Phi) is 10.1. The van der Waals surface area contributed by atoms with Crippen molar-refractivity contribution in [3.63, 3.8) is 0 Å². The molecule has 4 aliphatic rings. The minimum atomic E-state index is -3.22. The third kappa shape index (κ3) is 7.22. The topological polar surface area (TPSA) is 115 Å². The van der Waals surface area contributed by atoms with E-state index in [-0.39, 0.29) is 29.6 Å². The molecule has 3 aromatic rings. The number of amides is 2. The molecule has 1 spiro atoms. The highest BCUT2D eigenvalue weighted by Gasteiger charge is 2.44. The van der Waals surface area contributed by atoms with Crippen molar-refractivity contribution in [1.82, 2.24) is 15.1 Å². The molecule has 50 heavy (non-hydrogen) atoms. The number of carbonyl (C=O) groups excluding carboxylic acids is 2. The molecule has 5 atom stereocenters. The number of fused-ring (bicyclic) bond motifs is 4. The summed E-state index contributed by atoms with van der Waals surface area (Å²) in [5.41, 5.74) is 4.29. The van der Waals surface area contributed by atoms with Crippen LogP contribution in [0.3, 0.4) is 0 Å². The maximum atomic E-state index is 14.3. The molecule has 2 aromatic carbocycles. The van der Waals surface area contributed by atoms with E-state index in [9.17, 15) is 13.8 Å². The molecule has 0 radical (unpaired) electrons. The number of nitrogens with one attached hydrogen (secondary N) is 1. The van der Waals surface area contributed by atoms with E-state index in [1.807, 2.05) is 24.3 Å². The highest BCUT2D eigenvalue weighted by atomic mass is 35.5. The standard InChI is InChI=1S/C38H46ClN5O5S/c1-43-30(15-17-41-43)21-40-36(45)23-50(47)18-5-3-4-8-34(48-2)31-12-9-28(31)22-44-24-38(16-6-7-26-19-29(39)11-13-32(26)38)25-49-35-14-10-27(20-33(35)44)37(46)42-50/h4,8,10-11,13-15,17,19-20,28,31,34H,3,5-7,9,12,16,18,21-25H2,1-2H3,(H,40,45)/b8-4+/t28-,31+,34-,38-,50+/m0/s1. The van der Waals surface area contributed by atoms with Crippen molar-refractivity contribution in [2.45, 2.75) is 63.0 Å². The minimum absolute atomic E-state index is 0.0319. The Morgan fingerprint density at radius 2 is 2.06 bits per heavy atom. The molecule has 2 bridgehead atoms. The zero-order valence-electron chi connectivity index (χ0n) is 28.8. The third-order valence-corrected chi connectivity index (χ3v) is 13.4. The molecule has 1 fully saturated rings. The molecule has 3 heterocycles. The van der Waals surface area contributed by atoms with Gasteiger partial charge in [-0.3, -0.25) is 14.3 Å². The van der Waals surface area contributed by atoms with Gasteiger partial charge in [-0.1, -0.05) is 29.8 Å². The second-order valence-corrected chi connectivity index (χ2v) is 17.2. The summed E-state index contributed by atoms with van der Waals surface area (Å²) in [7, 11) is 0.337. The number of benzene rings is 2. The van der Waals surface area contributed by atoms with Gasteiger partial charge >= 0.3 is 0 Å². The lowest BCUT2D eigenvalue weighted by atomic mass is 9.68. The Morgan fingerprint density at radius 3 is 2.84 bits per heavy atom. The summed E-state index contributed by atoms with van der Waals surface area (Å²) in [6.07, 6.45) is 12.2. The number of aryl methyl sites for hydroxylation is 2. The smallest absolute Gasteiger partial charge is 0.285 e. The summed E-state index contributed by atoms with van der Waals surface area (Å²) in [6.45, 7) is 2.28. The van der Waals surface area contributed by atoms with E-state index in [1.54, 1.807) is 31.1 Å². The number of hydrogen-bond acceptors (Lipinski definition) is 7. The monoisotopic (exact) mass is 719 g/mol. The zero-order chi connectivity index (χ0) is 34.9. The molecule has 1 N–H and O–H groups in total. The minimum Gasteiger partial charge on any atom is -0.490 e. The second kappa shape index (κ2) is 14.5. The molecular formula is C38H46ClN5O5S. The summed E-state index contributed by atoms with van der Waals surface area (Å²) < 4.78 is 33.0. The van der Waals surface area contributed by atoms with Crippen LogP contribution in [0.5, 0.6) is 5.75 Å². The fraction of sp³-hybridized carbons (Fsp3) is 0.500. The number of nitrogens with zero attached hydrogens (tertiary/aromatic N) is 4. The fourth-order valence-electron chi connectivity index (χ4n) is 8.21. The van der Waals surface area contributed by atoms with Crippen LogP contribution in [0.1, 0.15) is 65.7 Å². The van der Waals surface area contributed by atoms with Crippen LogP contribution in [-0.2, 0) is 44.7 Å². The number of rotatable bonds is 5. The van der Waals surface area contributed by atoms with Gasteiger partial charge in [-0.25, -0.2) is 4.21 Å². The van der Waals surface area contributed by atoms with Crippen molar-refractivity contribution < 1.29 is 23.3 Å². The molecule has 10 nitrogen and oxygen atoms in total. The molecule has 2 aliphatic carbocycles. The van der Waals surface area contributed by atoms with Gasteiger partial charge in [0, 0.05) is 55.2 Å². The Morgan fingerprint density at radius 1 is 1.18 bits per heavy atom. The lowest BCUT2D eigenvalue weighted by molar-refractivity contribution is -0.118. The summed E-state index contributed by atoms with van der Waals surface area (Å²) in [5, 5.41) is 7.71. The maximum absolute atomic E-state index is 14.3. The molecule has 7 rings (SSSR count). The molecule has 0 unspecified atom stereocenters. The molecule has 2 aliphatic heterocycles. The second-order valence-electron chi connectivity index (χ2n) is 14.3. The van der Waals surface area contributed by atoms with Gasteiger partial charge in [0.25, 0.3) is 5.91 Å². The first-order valence-corrected chi connectivity index (χ1v) is 19.9. The molecular weight excluding hydrogens is 674 g/mol. The number of carbonyl (C=O) groups is 2. The first-order valence-electron chi connectivity index (χ1n) is 17.7. The molecule has 1 aromatic heterocycles. The first kappa shape index (κ1) is 34.8. The van der Waals surface area contributed by atoms with Gasteiger partial charge in [0.1, 0.15) is 11.5 Å². The van der Waals surface area contributed by atoms with Crippen LogP contribution in [0.2, 0.25) is 5.02 Å². The summed E-state index contributed by atoms with van der Waals surface area (Å²) >= 11 is 6.45. The number of halogens is 1. The van der Waals surface area contributed by atoms with Crippen molar-refractivity contribution in [2.24, 2.45) is 23.2 Å². The highest BCUT2D eigenvalue weighted by molar-refractivity contribution is 7.94. The molecule has 1 saturated carbocycles. The predicted octanol–water partition coefficient (Wildman–Crippen LogP) is 5.86. The predicted molar refractivity (Wildman–Crippen MR) is 195 cm³/mol. The van der Waals surface area contributed by atoms with Crippen molar-refractivity contribution in [3.05, 3.63) is 88.2 Å². The Balaban J connectivity index is 1.24. The van der Waals surface area contributed by atoms with Gasteiger partial charge in [-0.2, -0.15) is 9.46 Å². The molecule has 12 heteroatoms. The number of methoxy groups -OCH3 is 1. The van der Waals surface area contributed by atoms with Crippen LogP contribution < -0.4 is 15.0 Å².